The van der Waals surface area contributed by atoms with Crippen LogP contribution in [0.25, 0.3) is 11.0 Å². The van der Waals surface area contributed by atoms with Crippen LogP contribution in [0.15, 0.2) is 12.1 Å². The molecule has 0 amide bonds. The third-order valence-electron chi connectivity index (χ3n) is 1.84. The van der Waals surface area contributed by atoms with Crippen LogP contribution in [0.1, 0.15) is 5.56 Å². The Balaban J connectivity index is 2.73. The third-order valence-corrected chi connectivity index (χ3v) is 1.84. The van der Waals surface area contributed by atoms with Crippen molar-refractivity contribution in [3.63, 3.8) is 0 Å². The highest BCUT2D eigenvalue weighted by Gasteiger charge is 2.02. The van der Waals surface area contributed by atoms with Gasteiger partial charge in [0.2, 0.25) is 0 Å². The zero-order chi connectivity index (χ0) is 8.55. The van der Waals surface area contributed by atoms with Crippen LogP contribution in [-0.4, -0.2) is 22.5 Å². The van der Waals surface area contributed by atoms with E-state index in [0.29, 0.717) is 0 Å². The van der Waals surface area contributed by atoms with Gasteiger partial charge in [0, 0.05) is 6.07 Å². The number of nitrogens with zero attached hydrogens (tertiary/aromatic N) is 2. The van der Waals surface area contributed by atoms with Crippen LogP contribution in [-0.2, 0) is 0 Å². The van der Waals surface area contributed by atoms with Crippen molar-refractivity contribution in [2.75, 3.05) is 7.11 Å². The van der Waals surface area contributed by atoms with Crippen molar-refractivity contribution < 1.29 is 4.74 Å². The molecule has 2 aromatic rings. The lowest BCUT2D eigenvalue weighted by atomic mass is 10.2. The van der Waals surface area contributed by atoms with Gasteiger partial charge in [0.05, 0.1) is 12.6 Å². The molecule has 0 saturated carbocycles. The van der Waals surface area contributed by atoms with Crippen molar-refractivity contribution in [2.45, 2.75) is 6.92 Å². The largest absolute Gasteiger partial charge is 0.496 e. The molecule has 0 unspecified atom stereocenters. The number of H-pyrrole nitrogens is 1. The zero-order valence-corrected chi connectivity index (χ0v) is 6.96. The lowest BCUT2D eigenvalue weighted by molar-refractivity contribution is 0.412. The average molecular weight is 163 g/mol. The van der Waals surface area contributed by atoms with Crippen LogP contribution in [0.2, 0.25) is 0 Å². The van der Waals surface area contributed by atoms with E-state index in [1.54, 1.807) is 7.11 Å². The van der Waals surface area contributed by atoms with E-state index in [-0.39, 0.29) is 0 Å². The molecule has 0 bridgehead atoms. The van der Waals surface area contributed by atoms with E-state index in [4.69, 9.17) is 4.74 Å². The number of hydrogen-bond acceptors (Lipinski definition) is 3. The Morgan fingerprint density at radius 2 is 2.25 bits per heavy atom. The van der Waals surface area contributed by atoms with Crippen LogP contribution in [0.5, 0.6) is 5.75 Å². The fourth-order valence-electron chi connectivity index (χ4n) is 1.20. The predicted molar refractivity (Wildman–Crippen MR) is 45.2 cm³/mol. The van der Waals surface area contributed by atoms with Crippen molar-refractivity contribution in [3.05, 3.63) is 17.7 Å². The average Bonchev–Trinajstić information content (AvgIpc) is 2.49. The normalized spacial score (nSPS) is 10.5. The number of rotatable bonds is 1. The molecule has 12 heavy (non-hydrogen) atoms. The first kappa shape index (κ1) is 7.09. The number of aryl methyl sites for hydroxylation is 1. The monoisotopic (exact) mass is 163 g/mol. The van der Waals surface area contributed by atoms with Crippen molar-refractivity contribution in [2.24, 2.45) is 0 Å². The molecule has 1 aromatic heterocycles. The molecular weight excluding hydrogens is 154 g/mol. The van der Waals surface area contributed by atoms with E-state index < -0.39 is 0 Å². The SMILES string of the molecule is COc1cc2nn[nH]c2cc1C. The summed E-state index contributed by atoms with van der Waals surface area (Å²) in [6.07, 6.45) is 0. The number of methoxy groups -OCH3 is 1. The standard InChI is InChI=1S/C8H9N3O/c1-5-3-6-7(10-11-9-6)4-8(5)12-2/h3-4H,1-2H3,(H,9,10,11). The first-order valence-corrected chi connectivity index (χ1v) is 3.66. The van der Waals surface area contributed by atoms with E-state index in [0.717, 1.165) is 22.3 Å². The summed E-state index contributed by atoms with van der Waals surface area (Å²) in [6, 6.07) is 3.84. The van der Waals surface area contributed by atoms with Crippen molar-refractivity contribution in [1.29, 1.82) is 0 Å². The summed E-state index contributed by atoms with van der Waals surface area (Å²) in [5, 5.41) is 10.4. The van der Waals surface area contributed by atoms with Gasteiger partial charge in [0.1, 0.15) is 11.3 Å². The number of aromatic amines is 1. The molecule has 0 aliphatic carbocycles. The molecule has 0 fully saturated rings. The third kappa shape index (κ3) is 0.922. The molecule has 0 radical (unpaired) electrons. The number of benzene rings is 1. The zero-order valence-electron chi connectivity index (χ0n) is 6.96. The Hall–Kier alpha value is -1.58. The topological polar surface area (TPSA) is 50.8 Å². The quantitative estimate of drug-likeness (QED) is 0.688. The molecule has 0 aliphatic heterocycles. The Morgan fingerprint density at radius 3 is 3.00 bits per heavy atom. The summed E-state index contributed by atoms with van der Waals surface area (Å²) < 4.78 is 5.14. The number of ether oxygens (including phenoxy) is 1. The highest BCUT2D eigenvalue weighted by molar-refractivity contribution is 5.76. The first-order chi connectivity index (χ1) is 5.81. The maximum atomic E-state index is 5.14. The van der Waals surface area contributed by atoms with E-state index in [9.17, 15) is 0 Å². The van der Waals surface area contributed by atoms with Crippen LogP contribution in [0.3, 0.4) is 0 Å². The molecule has 1 N–H and O–H groups in total. The van der Waals surface area contributed by atoms with Crippen LogP contribution in [0.4, 0.5) is 0 Å². The van der Waals surface area contributed by atoms with E-state index >= 15 is 0 Å². The summed E-state index contributed by atoms with van der Waals surface area (Å²) in [4.78, 5) is 0. The maximum Gasteiger partial charge on any atom is 0.124 e. The van der Waals surface area contributed by atoms with Gasteiger partial charge in [-0.2, -0.15) is 0 Å². The molecule has 0 aliphatic rings. The minimum absolute atomic E-state index is 0.831. The molecule has 0 spiro atoms. The minimum Gasteiger partial charge on any atom is -0.496 e. The lowest BCUT2D eigenvalue weighted by Gasteiger charge is -2.02. The summed E-state index contributed by atoms with van der Waals surface area (Å²) in [5.41, 5.74) is 2.85. The molecule has 0 atom stereocenters. The molecule has 4 heteroatoms. The Morgan fingerprint density at radius 1 is 1.42 bits per heavy atom. The van der Waals surface area contributed by atoms with Gasteiger partial charge in [-0.05, 0) is 18.6 Å². The highest BCUT2D eigenvalue weighted by atomic mass is 16.5. The molecule has 2 rings (SSSR count). The summed E-state index contributed by atoms with van der Waals surface area (Å²) in [5.74, 6) is 0.844. The number of fused-ring (bicyclic) bond motifs is 1. The number of hydrogen-bond donors (Lipinski definition) is 1. The molecule has 1 heterocycles. The molecular formula is C8H9N3O. The van der Waals surface area contributed by atoms with Gasteiger partial charge in [-0.3, -0.25) is 5.10 Å². The second-order valence-corrected chi connectivity index (χ2v) is 2.65. The number of aromatic nitrogens is 3. The van der Waals surface area contributed by atoms with Gasteiger partial charge in [0.15, 0.2) is 0 Å². The molecule has 0 saturated heterocycles. The lowest BCUT2D eigenvalue weighted by Crippen LogP contribution is -1.86. The Bertz CT molecular complexity index is 408. The Kier molecular flexibility index (Phi) is 1.46. The maximum absolute atomic E-state index is 5.14. The highest BCUT2D eigenvalue weighted by Crippen LogP contribution is 2.21. The van der Waals surface area contributed by atoms with Gasteiger partial charge in [-0.15, -0.1) is 5.10 Å². The van der Waals surface area contributed by atoms with Crippen molar-refractivity contribution in [1.82, 2.24) is 15.4 Å². The fourth-order valence-corrected chi connectivity index (χ4v) is 1.20. The number of nitrogens with one attached hydrogen (secondary N) is 1. The van der Waals surface area contributed by atoms with Crippen LogP contribution >= 0.6 is 0 Å². The van der Waals surface area contributed by atoms with Crippen LogP contribution in [0, 0.1) is 6.92 Å². The van der Waals surface area contributed by atoms with Gasteiger partial charge in [0.25, 0.3) is 0 Å². The van der Waals surface area contributed by atoms with Crippen molar-refractivity contribution >= 4 is 11.0 Å². The van der Waals surface area contributed by atoms with E-state index in [1.807, 2.05) is 19.1 Å². The first-order valence-electron chi connectivity index (χ1n) is 3.66. The van der Waals surface area contributed by atoms with E-state index in [1.165, 1.54) is 0 Å². The Labute approximate surface area is 69.5 Å². The minimum atomic E-state index is 0.831. The van der Waals surface area contributed by atoms with Crippen molar-refractivity contribution in [3.8, 4) is 5.75 Å². The van der Waals surface area contributed by atoms with Gasteiger partial charge in [-0.1, -0.05) is 5.21 Å². The second kappa shape index (κ2) is 2.48. The summed E-state index contributed by atoms with van der Waals surface area (Å²) >= 11 is 0. The fraction of sp³-hybridized carbons (Fsp3) is 0.250. The molecule has 62 valence electrons. The second-order valence-electron chi connectivity index (χ2n) is 2.65. The van der Waals surface area contributed by atoms with E-state index in [2.05, 4.69) is 15.4 Å². The summed E-state index contributed by atoms with van der Waals surface area (Å²) in [6.45, 7) is 1.99. The summed E-state index contributed by atoms with van der Waals surface area (Å²) in [7, 11) is 1.65. The predicted octanol–water partition coefficient (Wildman–Crippen LogP) is 1.27. The van der Waals surface area contributed by atoms with Gasteiger partial charge in [-0.25, -0.2) is 0 Å². The van der Waals surface area contributed by atoms with Gasteiger partial charge >= 0.3 is 0 Å². The smallest absolute Gasteiger partial charge is 0.124 e. The van der Waals surface area contributed by atoms with Crippen LogP contribution < -0.4 is 4.74 Å². The molecule has 1 aromatic carbocycles. The van der Waals surface area contributed by atoms with Gasteiger partial charge < -0.3 is 4.74 Å². The molecule has 4 nitrogen and oxygen atoms in total.